The quantitative estimate of drug-likeness (QED) is 0.778. The summed E-state index contributed by atoms with van der Waals surface area (Å²) in [4.78, 5) is 0. The number of hydrogen-bond acceptors (Lipinski definition) is 4. The van der Waals surface area contributed by atoms with Crippen molar-refractivity contribution in [1.82, 2.24) is 9.78 Å². The lowest BCUT2D eigenvalue weighted by atomic mass is 10.2. The third-order valence-electron chi connectivity index (χ3n) is 3.10. The van der Waals surface area contributed by atoms with Crippen molar-refractivity contribution >= 4 is 29.3 Å². The summed E-state index contributed by atoms with van der Waals surface area (Å²) < 4.78 is 12.9. The predicted molar refractivity (Wildman–Crippen MR) is 90.3 cm³/mol. The van der Waals surface area contributed by atoms with Gasteiger partial charge in [-0.05, 0) is 19.9 Å². The fourth-order valence-electron chi connectivity index (χ4n) is 2.01. The van der Waals surface area contributed by atoms with E-state index in [1.165, 1.54) is 6.07 Å². The van der Waals surface area contributed by atoms with Crippen LogP contribution in [-0.2, 0) is 7.05 Å². The van der Waals surface area contributed by atoms with Crippen molar-refractivity contribution in [3.8, 4) is 23.4 Å². The van der Waals surface area contributed by atoms with Crippen LogP contribution in [0.2, 0.25) is 10.0 Å². The number of aryl methyl sites for hydroxylation is 2. The van der Waals surface area contributed by atoms with Gasteiger partial charge in [0.2, 0.25) is 5.88 Å². The van der Waals surface area contributed by atoms with Gasteiger partial charge in [0.05, 0.1) is 21.3 Å². The monoisotopic (exact) mass is 351 g/mol. The van der Waals surface area contributed by atoms with Crippen LogP contribution in [-0.4, -0.2) is 15.9 Å². The maximum Gasteiger partial charge on any atom is 0.225 e. The highest BCUT2D eigenvalue weighted by molar-refractivity contribution is 6.36. The Hall–Kier alpha value is -2.16. The lowest BCUT2D eigenvalue weighted by Crippen LogP contribution is -2.08. The van der Waals surface area contributed by atoms with Crippen molar-refractivity contribution in [1.29, 1.82) is 5.26 Å². The summed E-state index contributed by atoms with van der Waals surface area (Å²) in [5.41, 5.74) is 1.56. The highest BCUT2D eigenvalue weighted by Crippen LogP contribution is 2.39. The van der Waals surface area contributed by atoms with Crippen LogP contribution in [0.25, 0.3) is 6.08 Å². The van der Waals surface area contributed by atoms with Crippen LogP contribution in [0, 0.1) is 18.3 Å². The van der Waals surface area contributed by atoms with E-state index >= 15 is 0 Å². The van der Waals surface area contributed by atoms with E-state index in [0.29, 0.717) is 27.4 Å². The number of rotatable bonds is 5. The first-order valence-electron chi connectivity index (χ1n) is 6.76. The Kier molecular flexibility index (Phi) is 5.19. The second-order valence-electron chi connectivity index (χ2n) is 4.84. The zero-order valence-corrected chi connectivity index (χ0v) is 14.4. The minimum absolute atomic E-state index is 0.301. The third kappa shape index (κ3) is 3.61. The van der Waals surface area contributed by atoms with Gasteiger partial charge in [-0.25, -0.2) is 4.68 Å². The van der Waals surface area contributed by atoms with Crippen LogP contribution in [0.15, 0.2) is 18.7 Å². The lowest BCUT2D eigenvalue weighted by molar-refractivity contribution is 0.275. The fraction of sp³-hybridized carbons (Fsp3) is 0.250. The van der Waals surface area contributed by atoms with Gasteiger partial charge in [0, 0.05) is 13.1 Å². The molecule has 1 aromatic carbocycles. The molecule has 0 aliphatic rings. The average Bonchev–Trinajstić information content (AvgIpc) is 2.77. The Morgan fingerprint density at radius 3 is 2.61 bits per heavy atom. The first-order chi connectivity index (χ1) is 10.9. The van der Waals surface area contributed by atoms with E-state index in [9.17, 15) is 0 Å². The Morgan fingerprint density at radius 1 is 1.35 bits per heavy atom. The van der Waals surface area contributed by atoms with Gasteiger partial charge in [0.15, 0.2) is 11.9 Å². The summed E-state index contributed by atoms with van der Waals surface area (Å²) in [6, 6.07) is 5.03. The summed E-state index contributed by atoms with van der Waals surface area (Å²) in [6.07, 6.45) is 1.01. The molecule has 1 aromatic heterocycles. The first-order valence-corrected chi connectivity index (χ1v) is 7.52. The molecule has 1 heterocycles. The molecule has 0 fully saturated rings. The number of nitrogens with zero attached hydrogens (tertiary/aromatic N) is 3. The predicted octanol–water partition coefficient (Wildman–Crippen LogP) is 4.76. The number of halogens is 2. The number of benzene rings is 1. The second kappa shape index (κ2) is 6.95. The molecule has 0 aliphatic carbocycles. The minimum Gasteiger partial charge on any atom is -0.474 e. The van der Waals surface area contributed by atoms with E-state index < -0.39 is 6.10 Å². The third-order valence-corrected chi connectivity index (χ3v) is 3.69. The summed E-state index contributed by atoms with van der Waals surface area (Å²) in [7, 11) is 1.76. The topological polar surface area (TPSA) is 60.1 Å². The highest BCUT2D eigenvalue weighted by atomic mass is 35.5. The second-order valence-corrected chi connectivity index (χ2v) is 5.65. The van der Waals surface area contributed by atoms with Crippen LogP contribution in [0.5, 0.6) is 17.4 Å². The van der Waals surface area contributed by atoms with Crippen LogP contribution in [0.1, 0.15) is 18.2 Å². The van der Waals surface area contributed by atoms with Crippen LogP contribution in [0.3, 0.4) is 0 Å². The molecule has 0 saturated carbocycles. The molecule has 0 spiro atoms. The van der Waals surface area contributed by atoms with E-state index in [0.717, 1.165) is 11.3 Å². The number of nitriles is 1. The van der Waals surface area contributed by atoms with Crippen LogP contribution in [0.4, 0.5) is 0 Å². The van der Waals surface area contributed by atoms with Crippen LogP contribution >= 0.6 is 23.2 Å². The van der Waals surface area contributed by atoms with Gasteiger partial charge in [-0.2, -0.15) is 10.4 Å². The van der Waals surface area contributed by atoms with Crippen molar-refractivity contribution in [2.24, 2.45) is 7.05 Å². The largest absolute Gasteiger partial charge is 0.474 e. The first kappa shape index (κ1) is 17.2. The summed E-state index contributed by atoms with van der Waals surface area (Å²) in [5.74, 6) is 1.17. The van der Waals surface area contributed by atoms with Crippen LogP contribution < -0.4 is 9.47 Å². The molecule has 0 bridgehead atoms. The Balaban J connectivity index is 2.43. The average molecular weight is 352 g/mol. The zero-order chi connectivity index (χ0) is 17.1. The Morgan fingerprint density at radius 2 is 2.00 bits per heavy atom. The van der Waals surface area contributed by atoms with Gasteiger partial charge < -0.3 is 9.47 Å². The number of hydrogen-bond donors (Lipinski definition) is 0. The summed E-state index contributed by atoms with van der Waals surface area (Å²) in [6.45, 7) is 7.24. The highest BCUT2D eigenvalue weighted by Gasteiger charge is 2.17. The normalized spacial score (nSPS) is 11.7. The molecule has 1 atom stereocenters. The van der Waals surface area contributed by atoms with Gasteiger partial charge in [-0.15, -0.1) is 0 Å². The Bertz CT molecular complexity index is 794. The van der Waals surface area contributed by atoms with E-state index in [-0.39, 0.29) is 0 Å². The maximum atomic E-state index is 8.86. The SMILES string of the molecule is C=Cc1c(C)nn(C)c1Oc1cc(OC(C)C#N)c(Cl)cc1Cl. The van der Waals surface area contributed by atoms with E-state index in [1.54, 1.807) is 30.8 Å². The number of ether oxygens (including phenoxy) is 2. The summed E-state index contributed by atoms with van der Waals surface area (Å²) >= 11 is 12.3. The zero-order valence-electron chi connectivity index (χ0n) is 12.9. The van der Waals surface area contributed by atoms with Gasteiger partial charge in [-0.3, -0.25) is 0 Å². The molecule has 2 aromatic rings. The molecule has 7 heteroatoms. The standard InChI is InChI=1S/C16H15Cl2N3O2/c1-5-11-10(3)20-21(4)16(11)23-15-7-14(22-9(2)8-19)12(17)6-13(15)18/h5-7,9H,1H2,2-4H3. The van der Waals surface area contributed by atoms with E-state index in [4.69, 9.17) is 37.9 Å². The van der Waals surface area contributed by atoms with Gasteiger partial charge in [0.1, 0.15) is 11.8 Å². The molecule has 0 radical (unpaired) electrons. The van der Waals surface area contributed by atoms with Crippen molar-refractivity contribution < 1.29 is 9.47 Å². The maximum absolute atomic E-state index is 8.86. The molecule has 0 saturated heterocycles. The van der Waals surface area contributed by atoms with Crippen molar-refractivity contribution in [3.63, 3.8) is 0 Å². The molecule has 0 N–H and O–H groups in total. The minimum atomic E-state index is -0.649. The van der Waals surface area contributed by atoms with Gasteiger partial charge in [0.25, 0.3) is 0 Å². The smallest absolute Gasteiger partial charge is 0.225 e. The fourth-order valence-corrected chi connectivity index (χ4v) is 2.48. The molecule has 120 valence electrons. The van der Waals surface area contributed by atoms with Crippen molar-refractivity contribution in [2.75, 3.05) is 0 Å². The molecular formula is C16H15Cl2N3O2. The molecular weight excluding hydrogens is 337 g/mol. The molecule has 0 aliphatic heterocycles. The van der Waals surface area contributed by atoms with E-state index in [1.807, 2.05) is 13.0 Å². The molecule has 2 rings (SSSR count). The molecule has 23 heavy (non-hydrogen) atoms. The molecule has 5 nitrogen and oxygen atoms in total. The summed E-state index contributed by atoms with van der Waals surface area (Å²) in [5, 5.41) is 13.8. The van der Waals surface area contributed by atoms with Gasteiger partial charge in [-0.1, -0.05) is 35.9 Å². The van der Waals surface area contributed by atoms with Crippen molar-refractivity contribution in [3.05, 3.63) is 40.0 Å². The Labute approximate surface area is 144 Å². The van der Waals surface area contributed by atoms with E-state index in [2.05, 4.69) is 11.7 Å². The molecule has 0 amide bonds. The van der Waals surface area contributed by atoms with Crippen molar-refractivity contribution in [2.45, 2.75) is 20.0 Å². The molecule has 1 unspecified atom stereocenters. The lowest BCUT2D eigenvalue weighted by Gasteiger charge is -2.14. The number of aromatic nitrogens is 2. The van der Waals surface area contributed by atoms with Gasteiger partial charge >= 0.3 is 0 Å².